The molecule has 0 fully saturated rings. The van der Waals surface area contributed by atoms with Crippen molar-refractivity contribution in [1.29, 1.82) is 0 Å². The number of fused-ring (bicyclic) bond motifs is 13. The third kappa shape index (κ3) is 3.85. The highest BCUT2D eigenvalue weighted by Gasteiger charge is 2.45. The molecule has 0 spiro atoms. The van der Waals surface area contributed by atoms with Crippen molar-refractivity contribution in [3.8, 4) is 0 Å². The van der Waals surface area contributed by atoms with Crippen LogP contribution in [0.3, 0.4) is 0 Å². The summed E-state index contributed by atoms with van der Waals surface area (Å²) in [5, 5.41) is 10.8. The van der Waals surface area contributed by atoms with Gasteiger partial charge in [0.15, 0.2) is 0 Å². The van der Waals surface area contributed by atoms with Crippen LogP contribution >= 0.6 is 0 Å². The van der Waals surface area contributed by atoms with Crippen LogP contribution < -0.4 is 0 Å². The van der Waals surface area contributed by atoms with Crippen LogP contribution in [0.4, 0.5) is 0 Å². The number of pyridine rings is 2. The van der Waals surface area contributed by atoms with Crippen molar-refractivity contribution in [2.45, 2.75) is 88.9 Å². The van der Waals surface area contributed by atoms with Crippen molar-refractivity contribution < 1.29 is 0 Å². The van der Waals surface area contributed by atoms with Gasteiger partial charge in [0.25, 0.3) is 0 Å². The lowest BCUT2D eigenvalue weighted by Crippen LogP contribution is -2.28. The van der Waals surface area contributed by atoms with Crippen molar-refractivity contribution in [2.24, 2.45) is 0 Å². The van der Waals surface area contributed by atoms with E-state index in [1.54, 1.807) is 0 Å². The van der Waals surface area contributed by atoms with Gasteiger partial charge in [-0.2, -0.15) is 0 Å². The van der Waals surface area contributed by atoms with Crippen molar-refractivity contribution in [3.05, 3.63) is 189 Å². The first-order valence-corrected chi connectivity index (χ1v) is 23.5. The minimum atomic E-state index is -0.0466. The molecule has 64 heavy (non-hydrogen) atoms. The van der Waals surface area contributed by atoms with Crippen molar-refractivity contribution in [2.75, 3.05) is 0 Å². The number of benzene rings is 6. The van der Waals surface area contributed by atoms with Gasteiger partial charge in [0.05, 0.1) is 62.8 Å². The van der Waals surface area contributed by atoms with Gasteiger partial charge in [-0.05, 0) is 116 Å². The van der Waals surface area contributed by atoms with E-state index in [-0.39, 0.29) is 22.7 Å². The van der Waals surface area contributed by atoms with Crippen LogP contribution in [0.2, 0.25) is 0 Å². The van der Waals surface area contributed by atoms with Crippen LogP contribution in [0, 0.1) is 0 Å². The maximum Gasteiger partial charge on any atom is 0.0728 e. The molecule has 0 N–H and O–H groups in total. The minimum Gasteiger partial charge on any atom is -0.306 e. The minimum absolute atomic E-state index is 0.0267. The van der Waals surface area contributed by atoms with Crippen LogP contribution in [0.1, 0.15) is 145 Å². The summed E-state index contributed by atoms with van der Waals surface area (Å²) < 4.78 is 5.20. The Hall–Kier alpha value is -6.78. The fraction of sp³-hybridized carbons (Fsp3) is 0.233. The quantitative estimate of drug-likeness (QED) is 0.153. The van der Waals surface area contributed by atoms with E-state index < -0.39 is 0 Å². The lowest BCUT2D eigenvalue weighted by atomic mass is 9.62. The van der Waals surface area contributed by atoms with Crippen LogP contribution in [0.5, 0.6) is 0 Å². The largest absolute Gasteiger partial charge is 0.306 e. The van der Waals surface area contributed by atoms with Gasteiger partial charge >= 0.3 is 0 Å². The molecule has 12 aromatic rings. The van der Waals surface area contributed by atoms with E-state index in [2.05, 4.69) is 172 Å². The second-order valence-corrected chi connectivity index (χ2v) is 22.0. The summed E-state index contributed by atoms with van der Waals surface area (Å²) in [7, 11) is 0. The predicted octanol–water partition coefficient (Wildman–Crippen LogP) is 14.7. The zero-order valence-corrected chi connectivity index (χ0v) is 37.1. The van der Waals surface area contributed by atoms with Gasteiger partial charge in [0.1, 0.15) is 0 Å². The van der Waals surface area contributed by atoms with Gasteiger partial charge in [-0.25, -0.2) is 0 Å². The SMILES string of the molecule is CC(C)(C)c1cc2c3cc4c(cc3n3c5cnc6c(c5c(c1)c23)C1CCC6c2ccccc21)c1cc(C(C)(C)C)cc2c3c5c(ncc3n4c12)C1c2ccccc2C5c2ccccc21. The Morgan fingerprint density at radius 1 is 0.422 bits per heavy atom. The smallest absolute Gasteiger partial charge is 0.0728 e. The molecule has 4 heteroatoms. The van der Waals surface area contributed by atoms with Gasteiger partial charge < -0.3 is 8.80 Å². The van der Waals surface area contributed by atoms with Gasteiger partial charge in [0, 0.05) is 60.8 Å². The Balaban J connectivity index is 1.06. The molecule has 0 radical (unpaired) electrons. The molecule has 6 aromatic carbocycles. The Labute approximate surface area is 370 Å². The van der Waals surface area contributed by atoms with Gasteiger partial charge in [0.2, 0.25) is 0 Å². The number of rotatable bonds is 0. The first-order valence-electron chi connectivity index (χ1n) is 23.5. The van der Waals surface area contributed by atoms with Crippen molar-refractivity contribution in [3.63, 3.8) is 0 Å². The highest BCUT2D eigenvalue weighted by atomic mass is 15.0. The van der Waals surface area contributed by atoms with Crippen LogP contribution in [-0.4, -0.2) is 18.8 Å². The summed E-state index contributed by atoms with van der Waals surface area (Å²) in [5.74, 6) is 1.01. The van der Waals surface area contributed by atoms with E-state index in [1.807, 2.05) is 0 Å². The fourth-order valence-electron chi connectivity index (χ4n) is 14.0. The normalized spacial score (nSPS) is 19.9. The molecule has 4 bridgehead atoms. The number of hydrogen-bond donors (Lipinski definition) is 0. The molecule has 6 aliphatic carbocycles. The molecule has 0 saturated carbocycles. The first-order chi connectivity index (χ1) is 31.0. The summed E-state index contributed by atoms with van der Waals surface area (Å²) in [6, 6.07) is 42.7. The zero-order valence-electron chi connectivity index (χ0n) is 37.1. The highest BCUT2D eigenvalue weighted by molar-refractivity contribution is 6.30. The van der Waals surface area contributed by atoms with Gasteiger partial charge in [-0.15, -0.1) is 0 Å². The number of aromatic nitrogens is 4. The van der Waals surface area contributed by atoms with Crippen LogP contribution in [-0.2, 0) is 10.8 Å². The van der Waals surface area contributed by atoms with Crippen LogP contribution in [0.25, 0.3) is 76.2 Å². The Morgan fingerprint density at radius 2 is 0.844 bits per heavy atom. The predicted molar refractivity (Wildman–Crippen MR) is 263 cm³/mol. The number of nitrogens with zero attached hydrogens (tertiary/aromatic N) is 4. The van der Waals surface area contributed by atoms with Crippen molar-refractivity contribution >= 4 is 76.2 Å². The average Bonchev–Trinajstić information content (AvgIpc) is 4.03. The second kappa shape index (κ2) is 10.9. The molecular formula is C60H46N4. The van der Waals surface area contributed by atoms with E-state index in [0.29, 0.717) is 11.8 Å². The van der Waals surface area contributed by atoms with Gasteiger partial charge in [-0.1, -0.05) is 114 Å². The Bertz CT molecular complexity index is 4080. The maximum absolute atomic E-state index is 5.53. The fourth-order valence-corrected chi connectivity index (χ4v) is 14.0. The van der Waals surface area contributed by atoms with Crippen molar-refractivity contribution in [1.82, 2.24) is 18.8 Å². The molecule has 4 nitrogen and oxygen atoms in total. The lowest BCUT2D eigenvalue weighted by molar-refractivity contribution is 0.511. The zero-order chi connectivity index (χ0) is 42.4. The highest BCUT2D eigenvalue weighted by Crippen LogP contribution is 2.59. The summed E-state index contributed by atoms with van der Waals surface area (Å²) >= 11 is 0. The summed E-state index contributed by atoms with van der Waals surface area (Å²) in [6.45, 7) is 14.2. The molecule has 6 aromatic heterocycles. The molecule has 306 valence electrons. The first kappa shape index (κ1) is 34.7. The van der Waals surface area contributed by atoms with Crippen LogP contribution in [0.15, 0.2) is 122 Å². The standard InChI is InChI=1S/C60H46N4/c1-59(2,3)29-21-41-39-26-46-40(25-45(39)63-47-27-61-55-38-20-19-37(31-13-7-8-14-32(31)38)53(55)51(47)43(23-29)57(41)63)42-22-30(60(4,5)6)24-44-52-48(64(46)58(42)44)28-62-56-50-35-17-11-9-15-33(35)49(54(52)56)34-16-10-12-18-36(34)50/h7-18,21-28,37-38,49-50H,19-20H2,1-6H3. The molecular weight excluding hydrogens is 777 g/mol. The average molecular weight is 823 g/mol. The summed E-state index contributed by atoms with van der Waals surface area (Å²) in [6.07, 6.45) is 6.81. The maximum atomic E-state index is 5.53. The Kier molecular flexibility index (Phi) is 5.92. The molecule has 6 aliphatic rings. The molecule has 2 unspecified atom stereocenters. The van der Waals surface area contributed by atoms with Gasteiger partial charge in [-0.3, -0.25) is 9.97 Å². The monoisotopic (exact) mass is 822 g/mol. The van der Waals surface area contributed by atoms with E-state index in [4.69, 9.17) is 9.97 Å². The number of hydrogen-bond acceptors (Lipinski definition) is 2. The molecule has 18 rings (SSSR count). The summed E-state index contributed by atoms with van der Waals surface area (Å²) in [4.78, 5) is 11.0. The Morgan fingerprint density at radius 3 is 1.36 bits per heavy atom. The topological polar surface area (TPSA) is 34.6 Å². The molecule has 0 saturated heterocycles. The third-order valence-electron chi connectivity index (χ3n) is 16.8. The summed E-state index contributed by atoms with van der Waals surface area (Å²) in [5.41, 5.74) is 24.4. The lowest BCUT2D eigenvalue weighted by Gasteiger charge is -2.41. The third-order valence-corrected chi connectivity index (χ3v) is 16.8. The van der Waals surface area contributed by atoms with E-state index in [1.165, 1.54) is 156 Å². The molecule has 0 amide bonds. The molecule has 0 aliphatic heterocycles. The molecule has 6 heterocycles. The second-order valence-electron chi connectivity index (χ2n) is 22.0. The van der Waals surface area contributed by atoms with E-state index >= 15 is 0 Å². The van der Waals surface area contributed by atoms with E-state index in [0.717, 1.165) is 0 Å². The van der Waals surface area contributed by atoms with E-state index in [9.17, 15) is 0 Å². The molecule has 2 atom stereocenters.